The minimum absolute atomic E-state index is 0.152. The molecule has 0 aromatic carbocycles. The Labute approximate surface area is 163 Å². The molecule has 4 heterocycles. The zero-order valence-electron chi connectivity index (χ0n) is 16.6. The van der Waals surface area contributed by atoms with Gasteiger partial charge >= 0.3 is 0 Å². The molecule has 3 aromatic rings. The van der Waals surface area contributed by atoms with Gasteiger partial charge in [-0.3, -0.25) is 4.79 Å². The largest absolute Gasteiger partial charge is 0.378 e. The highest BCUT2D eigenvalue weighted by molar-refractivity contribution is 5.92. The van der Waals surface area contributed by atoms with E-state index in [0.717, 1.165) is 40.0 Å². The lowest BCUT2D eigenvalue weighted by atomic mass is 9.97. The van der Waals surface area contributed by atoms with Gasteiger partial charge in [-0.15, -0.1) is 0 Å². The number of hydrogen-bond donors (Lipinski definition) is 1. The summed E-state index contributed by atoms with van der Waals surface area (Å²) in [6, 6.07) is 5.97. The van der Waals surface area contributed by atoms with E-state index in [1.54, 1.807) is 13.3 Å². The number of rotatable bonds is 4. The molecule has 0 bridgehead atoms. The lowest BCUT2D eigenvalue weighted by molar-refractivity contribution is -0.114. The van der Waals surface area contributed by atoms with Gasteiger partial charge < -0.3 is 19.4 Å². The van der Waals surface area contributed by atoms with Crippen LogP contribution in [-0.2, 0) is 19.9 Å². The quantitative estimate of drug-likeness (QED) is 0.752. The molecule has 0 spiro atoms. The topological polar surface area (TPSA) is 78.3 Å². The third kappa shape index (κ3) is 3.16. The molecule has 0 radical (unpaired) electrons. The lowest BCUT2D eigenvalue weighted by Gasteiger charge is -2.26. The average molecular weight is 380 g/mol. The number of carbonyl (C=O) groups is 1. The summed E-state index contributed by atoms with van der Waals surface area (Å²) in [6.45, 7) is 6.73. The van der Waals surface area contributed by atoms with Crippen LogP contribution < -0.4 is 5.32 Å². The average Bonchev–Trinajstić information content (AvgIpc) is 3.26. The molecule has 1 atom stereocenters. The van der Waals surface area contributed by atoms with E-state index in [2.05, 4.69) is 23.3 Å². The molecule has 7 nitrogen and oxygen atoms in total. The number of aryl methyl sites for hydroxylation is 2. The second kappa shape index (κ2) is 7.00. The normalized spacial score (nSPS) is 19.3. The van der Waals surface area contributed by atoms with Crippen LogP contribution in [0.1, 0.15) is 30.2 Å². The lowest BCUT2D eigenvalue weighted by Crippen LogP contribution is -2.30. The summed E-state index contributed by atoms with van der Waals surface area (Å²) < 4.78 is 13.5. The van der Waals surface area contributed by atoms with Gasteiger partial charge in [-0.1, -0.05) is 0 Å². The first-order valence-corrected chi connectivity index (χ1v) is 9.29. The monoisotopic (exact) mass is 380 g/mol. The summed E-state index contributed by atoms with van der Waals surface area (Å²) in [4.78, 5) is 20.7. The number of fused-ring (bicyclic) bond motifs is 1. The van der Waals surface area contributed by atoms with Gasteiger partial charge in [0.15, 0.2) is 0 Å². The molecular weight excluding hydrogens is 356 g/mol. The van der Waals surface area contributed by atoms with Gasteiger partial charge in [0, 0.05) is 50.9 Å². The van der Waals surface area contributed by atoms with Crippen molar-refractivity contribution in [1.29, 1.82) is 0 Å². The fraction of sp³-hybridized carbons (Fsp3) is 0.381. The number of aromatic nitrogens is 3. The van der Waals surface area contributed by atoms with Crippen LogP contribution in [0, 0.1) is 13.8 Å². The summed E-state index contributed by atoms with van der Waals surface area (Å²) in [5.74, 6) is 1.17. The van der Waals surface area contributed by atoms with Crippen LogP contribution in [0.2, 0.25) is 0 Å². The second-order valence-electron chi connectivity index (χ2n) is 7.34. The van der Waals surface area contributed by atoms with Gasteiger partial charge in [0.25, 0.3) is 0 Å². The number of anilines is 1. The Kier molecular flexibility index (Phi) is 4.64. The number of nitrogens with one attached hydrogen (secondary N) is 1. The zero-order valence-corrected chi connectivity index (χ0v) is 16.6. The van der Waals surface area contributed by atoms with E-state index < -0.39 is 5.60 Å². The zero-order chi connectivity index (χ0) is 19.9. The summed E-state index contributed by atoms with van der Waals surface area (Å²) in [7, 11) is 1.71. The molecule has 0 aliphatic carbocycles. The van der Waals surface area contributed by atoms with E-state index in [9.17, 15) is 4.79 Å². The molecule has 1 N–H and O–H groups in total. The predicted octanol–water partition coefficient (Wildman–Crippen LogP) is 3.26. The van der Waals surface area contributed by atoms with Crippen molar-refractivity contribution in [3.63, 3.8) is 0 Å². The molecule has 0 saturated carbocycles. The van der Waals surface area contributed by atoms with Gasteiger partial charge in [0.2, 0.25) is 5.91 Å². The highest BCUT2D eigenvalue weighted by atomic mass is 16.5. The highest BCUT2D eigenvalue weighted by Gasteiger charge is 2.38. The highest BCUT2D eigenvalue weighted by Crippen LogP contribution is 2.34. The van der Waals surface area contributed by atoms with Crippen molar-refractivity contribution >= 4 is 22.6 Å². The Morgan fingerprint density at radius 2 is 2.14 bits per heavy atom. The summed E-state index contributed by atoms with van der Waals surface area (Å²) in [5, 5.41) is 3.77. The molecule has 1 amide bonds. The van der Waals surface area contributed by atoms with Crippen molar-refractivity contribution in [3.8, 4) is 5.82 Å². The molecule has 4 rings (SSSR count). The molecule has 1 aliphatic rings. The van der Waals surface area contributed by atoms with Crippen LogP contribution in [0.25, 0.3) is 16.7 Å². The Hall–Kier alpha value is -2.77. The number of amides is 1. The minimum Gasteiger partial charge on any atom is -0.378 e. The number of methoxy groups -OCH3 is 1. The first kappa shape index (κ1) is 18.6. The van der Waals surface area contributed by atoms with Crippen molar-refractivity contribution in [2.45, 2.75) is 32.8 Å². The third-order valence-corrected chi connectivity index (χ3v) is 5.24. The Balaban J connectivity index is 1.87. The van der Waals surface area contributed by atoms with Crippen LogP contribution in [0.4, 0.5) is 5.82 Å². The molecule has 1 aliphatic heterocycles. The van der Waals surface area contributed by atoms with E-state index in [4.69, 9.17) is 14.5 Å². The van der Waals surface area contributed by atoms with Crippen LogP contribution >= 0.6 is 0 Å². The predicted molar refractivity (Wildman–Crippen MR) is 107 cm³/mol. The van der Waals surface area contributed by atoms with E-state index in [1.807, 2.05) is 29.8 Å². The van der Waals surface area contributed by atoms with E-state index in [1.165, 1.54) is 6.92 Å². The number of carbonyl (C=O) groups excluding carboxylic acids is 1. The standard InChI is InChI=1S/C21H24N4O3/c1-13-7-18(21(27-4)5-6-28-12-21)24-20(8-13)25-11-14(2)16-10-22-19(9-17(16)25)23-15(3)26/h7-11H,5-6,12H2,1-4H3,(H,22,23,26)/t21-/m0/s1. The number of hydrogen-bond acceptors (Lipinski definition) is 5. The van der Waals surface area contributed by atoms with Gasteiger partial charge in [-0.25, -0.2) is 9.97 Å². The molecule has 28 heavy (non-hydrogen) atoms. The van der Waals surface area contributed by atoms with Crippen LogP contribution in [0.15, 0.2) is 30.6 Å². The van der Waals surface area contributed by atoms with E-state index in [-0.39, 0.29) is 5.91 Å². The van der Waals surface area contributed by atoms with E-state index in [0.29, 0.717) is 19.0 Å². The number of ether oxygens (including phenoxy) is 2. The number of nitrogens with zero attached hydrogens (tertiary/aromatic N) is 3. The van der Waals surface area contributed by atoms with Crippen molar-refractivity contribution < 1.29 is 14.3 Å². The van der Waals surface area contributed by atoms with Gasteiger partial charge in [-0.05, 0) is 37.1 Å². The van der Waals surface area contributed by atoms with Crippen molar-refractivity contribution in [2.24, 2.45) is 0 Å². The molecule has 1 fully saturated rings. The summed E-state index contributed by atoms with van der Waals surface area (Å²) >= 11 is 0. The first-order valence-electron chi connectivity index (χ1n) is 9.29. The molecule has 146 valence electrons. The molecule has 3 aromatic heterocycles. The van der Waals surface area contributed by atoms with Crippen molar-refractivity contribution in [3.05, 3.63) is 47.4 Å². The maximum Gasteiger partial charge on any atom is 0.222 e. The molecule has 1 saturated heterocycles. The van der Waals surface area contributed by atoms with Gasteiger partial charge in [0.1, 0.15) is 17.2 Å². The van der Waals surface area contributed by atoms with Crippen LogP contribution in [0.5, 0.6) is 0 Å². The van der Waals surface area contributed by atoms with Crippen molar-refractivity contribution in [1.82, 2.24) is 14.5 Å². The SMILES string of the molecule is CO[C@@]1(c2cc(C)cc(-n3cc(C)c4cnc(NC(C)=O)cc43)n2)CCOC1. The second-order valence-corrected chi connectivity index (χ2v) is 7.34. The van der Waals surface area contributed by atoms with Gasteiger partial charge in [0.05, 0.1) is 17.8 Å². The van der Waals surface area contributed by atoms with E-state index >= 15 is 0 Å². The Morgan fingerprint density at radius 1 is 1.32 bits per heavy atom. The maximum atomic E-state index is 11.4. The van der Waals surface area contributed by atoms with Gasteiger partial charge in [-0.2, -0.15) is 0 Å². The Morgan fingerprint density at radius 3 is 2.82 bits per heavy atom. The minimum atomic E-state index is -0.512. The summed E-state index contributed by atoms with van der Waals surface area (Å²) in [6.07, 6.45) is 4.60. The Bertz CT molecular complexity index is 1050. The van der Waals surface area contributed by atoms with Crippen LogP contribution in [-0.4, -0.2) is 40.8 Å². The first-order chi connectivity index (χ1) is 13.4. The smallest absolute Gasteiger partial charge is 0.222 e. The fourth-order valence-electron chi connectivity index (χ4n) is 3.74. The molecule has 0 unspecified atom stereocenters. The third-order valence-electron chi connectivity index (χ3n) is 5.24. The van der Waals surface area contributed by atoms with Crippen molar-refractivity contribution in [2.75, 3.05) is 25.6 Å². The molecular formula is C21H24N4O3. The molecule has 7 heteroatoms. The number of pyridine rings is 2. The summed E-state index contributed by atoms with van der Waals surface area (Å²) in [5.41, 5.74) is 3.49. The van der Waals surface area contributed by atoms with Crippen LogP contribution in [0.3, 0.4) is 0 Å². The maximum absolute atomic E-state index is 11.4. The fourth-order valence-corrected chi connectivity index (χ4v) is 3.74.